The largest absolute Gasteiger partial charge is 0.478 e. The van der Waals surface area contributed by atoms with E-state index in [1.807, 2.05) is 13.8 Å². The van der Waals surface area contributed by atoms with Crippen LogP contribution in [-0.2, 0) is 14.3 Å². The molecule has 0 bridgehead atoms. The Morgan fingerprint density at radius 3 is 2.64 bits per heavy atom. The van der Waals surface area contributed by atoms with Crippen molar-refractivity contribution in [2.45, 2.75) is 46.5 Å². The number of hydrogen-bond donors (Lipinski definition) is 2. The Kier molecular flexibility index (Phi) is 5.15. The zero-order valence-corrected chi connectivity index (χ0v) is 16.6. The molecule has 1 atom stereocenters. The molecule has 28 heavy (non-hydrogen) atoms. The minimum atomic E-state index is -1.06. The summed E-state index contributed by atoms with van der Waals surface area (Å²) in [6.07, 6.45) is 1.05. The van der Waals surface area contributed by atoms with E-state index in [4.69, 9.17) is 4.74 Å². The number of hydrogen-bond acceptors (Lipinski definition) is 5. The third-order valence-electron chi connectivity index (χ3n) is 5.20. The molecule has 6 nitrogen and oxygen atoms in total. The minimum absolute atomic E-state index is 0.0289. The van der Waals surface area contributed by atoms with Gasteiger partial charge in [-0.25, -0.2) is 9.59 Å². The van der Waals surface area contributed by atoms with Crippen LogP contribution in [0.1, 0.15) is 62.4 Å². The summed E-state index contributed by atoms with van der Waals surface area (Å²) in [7, 11) is 0. The van der Waals surface area contributed by atoms with Gasteiger partial charge in [-0.1, -0.05) is 26.0 Å². The van der Waals surface area contributed by atoms with Crippen LogP contribution in [0, 0.1) is 5.41 Å². The average molecular weight is 383 g/mol. The number of aromatic carboxylic acids is 1. The molecule has 0 spiro atoms. The first kappa shape index (κ1) is 19.9. The molecule has 3 rings (SSSR count). The fourth-order valence-corrected chi connectivity index (χ4v) is 4.10. The van der Waals surface area contributed by atoms with Crippen LogP contribution in [-0.4, -0.2) is 29.4 Å². The summed E-state index contributed by atoms with van der Waals surface area (Å²) in [4.78, 5) is 37.3. The van der Waals surface area contributed by atoms with Gasteiger partial charge in [0.1, 0.15) is 0 Å². The molecule has 1 aliphatic carbocycles. The van der Waals surface area contributed by atoms with Gasteiger partial charge in [-0.2, -0.15) is 0 Å². The molecule has 0 fully saturated rings. The Labute approximate surface area is 164 Å². The van der Waals surface area contributed by atoms with Crippen LogP contribution in [0.25, 0.3) is 0 Å². The maximum atomic E-state index is 13.1. The molecular formula is C22H25NO5. The minimum Gasteiger partial charge on any atom is -0.478 e. The maximum absolute atomic E-state index is 13.1. The lowest BCUT2D eigenvalue weighted by Gasteiger charge is -2.39. The number of carbonyl (C=O) groups is 3. The number of carbonyl (C=O) groups excluding carboxylic acids is 2. The molecule has 2 N–H and O–H groups in total. The Hall–Kier alpha value is -2.89. The fraction of sp³-hybridized carbons (Fsp3) is 0.409. The van der Waals surface area contributed by atoms with E-state index in [1.165, 1.54) is 12.1 Å². The standard InChI is InChI=1S/C22H25NO5/c1-5-28-21(27)17-12(2)23-15-10-22(3,4)11-16(24)19(15)18(17)13-7-6-8-14(9-13)20(25)26/h6-9,18,23H,5,10-11H2,1-4H3,(H,25,26). The number of ether oxygens (including phenoxy) is 1. The highest BCUT2D eigenvalue weighted by atomic mass is 16.5. The van der Waals surface area contributed by atoms with Gasteiger partial charge in [0.05, 0.1) is 17.7 Å². The summed E-state index contributed by atoms with van der Waals surface area (Å²) >= 11 is 0. The Balaban J connectivity index is 2.21. The van der Waals surface area contributed by atoms with E-state index in [9.17, 15) is 19.5 Å². The maximum Gasteiger partial charge on any atom is 0.336 e. The molecule has 0 amide bonds. The van der Waals surface area contributed by atoms with Crippen LogP contribution >= 0.6 is 0 Å². The van der Waals surface area contributed by atoms with Crippen molar-refractivity contribution in [2.24, 2.45) is 5.41 Å². The van der Waals surface area contributed by atoms with Crippen molar-refractivity contribution in [3.05, 3.63) is 57.9 Å². The fourth-order valence-electron chi connectivity index (χ4n) is 4.10. The van der Waals surface area contributed by atoms with Crippen LogP contribution in [0.15, 0.2) is 46.8 Å². The van der Waals surface area contributed by atoms with E-state index >= 15 is 0 Å². The van der Waals surface area contributed by atoms with Gasteiger partial charge in [-0.15, -0.1) is 0 Å². The molecule has 0 saturated carbocycles. The van der Waals surface area contributed by atoms with Gasteiger partial charge >= 0.3 is 11.9 Å². The zero-order chi connectivity index (χ0) is 20.6. The summed E-state index contributed by atoms with van der Waals surface area (Å²) < 4.78 is 5.25. The molecule has 1 unspecified atom stereocenters. The summed E-state index contributed by atoms with van der Waals surface area (Å²) in [5.41, 5.74) is 2.86. The van der Waals surface area contributed by atoms with Gasteiger partial charge in [0.2, 0.25) is 0 Å². The Bertz CT molecular complexity index is 923. The molecule has 0 aromatic heterocycles. The molecule has 1 heterocycles. The van der Waals surface area contributed by atoms with E-state index < -0.39 is 17.9 Å². The van der Waals surface area contributed by atoms with Crippen molar-refractivity contribution in [2.75, 3.05) is 6.61 Å². The van der Waals surface area contributed by atoms with Crippen molar-refractivity contribution in [1.82, 2.24) is 5.32 Å². The molecule has 0 radical (unpaired) electrons. The summed E-state index contributed by atoms with van der Waals surface area (Å²) in [5.74, 6) is -2.22. The lowest BCUT2D eigenvalue weighted by atomic mass is 9.68. The highest BCUT2D eigenvalue weighted by Crippen LogP contribution is 2.46. The van der Waals surface area contributed by atoms with E-state index in [0.717, 1.165) is 5.70 Å². The van der Waals surface area contributed by atoms with E-state index in [-0.39, 0.29) is 23.4 Å². The molecule has 1 aromatic rings. The normalized spacial score (nSPS) is 21.1. The first-order valence-electron chi connectivity index (χ1n) is 9.39. The number of nitrogens with one attached hydrogen (secondary N) is 1. The SMILES string of the molecule is CCOC(=O)C1=C(C)NC2=C(C(=O)CC(C)(C)C2)C1c1cccc(C(=O)O)c1. The van der Waals surface area contributed by atoms with E-state index in [1.54, 1.807) is 26.0 Å². The third kappa shape index (κ3) is 3.59. The van der Waals surface area contributed by atoms with Crippen LogP contribution in [0.4, 0.5) is 0 Å². The smallest absolute Gasteiger partial charge is 0.336 e. The van der Waals surface area contributed by atoms with Crippen LogP contribution in [0.3, 0.4) is 0 Å². The highest BCUT2D eigenvalue weighted by molar-refractivity contribution is 6.04. The number of carboxylic acid groups (broad SMARTS) is 1. The first-order chi connectivity index (χ1) is 13.1. The molecule has 2 aliphatic rings. The number of dihydropyridines is 1. The quantitative estimate of drug-likeness (QED) is 0.773. The number of carboxylic acids is 1. The highest BCUT2D eigenvalue weighted by Gasteiger charge is 2.43. The lowest BCUT2D eigenvalue weighted by molar-refractivity contribution is -0.138. The monoisotopic (exact) mass is 383 g/mol. The predicted molar refractivity (Wildman–Crippen MR) is 104 cm³/mol. The average Bonchev–Trinajstić information content (AvgIpc) is 2.59. The molecule has 1 aliphatic heterocycles. The third-order valence-corrected chi connectivity index (χ3v) is 5.20. The van der Waals surface area contributed by atoms with E-state index in [0.29, 0.717) is 35.2 Å². The van der Waals surface area contributed by atoms with Gasteiger partial charge in [-0.05, 0) is 43.4 Å². The van der Waals surface area contributed by atoms with Crippen molar-refractivity contribution in [1.29, 1.82) is 0 Å². The van der Waals surface area contributed by atoms with Crippen molar-refractivity contribution in [3.8, 4) is 0 Å². The van der Waals surface area contributed by atoms with Crippen LogP contribution in [0.2, 0.25) is 0 Å². The number of Topliss-reactive ketones (excluding diaryl/α,β-unsaturated/α-hetero) is 1. The van der Waals surface area contributed by atoms with Gasteiger partial charge in [0.15, 0.2) is 5.78 Å². The Morgan fingerprint density at radius 2 is 2.00 bits per heavy atom. The second-order valence-corrected chi connectivity index (χ2v) is 8.08. The van der Waals surface area contributed by atoms with Gasteiger partial charge in [0, 0.05) is 29.3 Å². The predicted octanol–water partition coefficient (Wildman–Crippen LogP) is 3.55. The van der Waals surface area contributed by atoms with Gasteiger partial charge in [-0.3, -0.25) is 4.79 Å². The first-order valence-corrected chi connectivity index (χ1v) is 9.39. The van der Waals surface area contributed by atoms with E-state index in [2.05, 4.69) is 5.32 Å². The second kappa shape index (κ2) is 7.26. The zero-order valence-electron chi connectivity index (χ0n) is 16.6. The summed E-state index contributed by atoms with van der Waals surface area (Å²) in [6, 6.07) is 6.42. The summed E-state index contributed by atoms with van der Waals surface area (Å²) in [6.45, 7) is 7.80. The van der Waals surface area contributed by atoms with Crippen LogP contribution in [0.5, 0.6) is 0 Å². The lowest BCUT2D eigenvalue weighted by Crippen LogP contribution is -2.38. The molecule has 148 valence electrons. The number of esters is 1. The summed E-state index contributed by atoms with van der Waals surface area (Å²) in [5, 5.41) is 12.6. The molecule has 1 aromatic carbocycles. The van der Waals surface area contributed by atoms with Crippen molar-refractivity contribution >= 4 is 17.7 Å². The number of rotatable bonds is 4. The topological polar surface area (TPSA) is 92.7 Å². The molecular weight excluding hydrogens is 358 g/mol. The van der Waals surface area contributed by atoms with Gasteiger partial charge in [0.25, 0.3) is 0 Å². The number of benzene rings is 1. The van der Waals surface area contributed by atoms with Crippen LogP contribution < -0.4 is 5.32 Å². The second-order valence-electron chi connectivity index (χ2n) is 8.08. The number of ketones is 1. The Morgan fingerprint density at radius 1 is 1.29 bits per heavy atom. The van der Waals surface area contributed by atoms with Crippen molar-refractivity contribution in [3.63, 3.8) is 0 Å². The molecule has 0 saturated heterocycles. The van der Waals surface area contributed by atoms with Gasteiger partial charge < -0.3 is 15.2 Å². The molecule has 6 heteroatoms. The van der Waals surface area contributed by atoms with Crippen molar-refractivity contribution < 1.29 is 24.2 Å². The number of allylic oxidation sites excluding steroid dienone is 3.